The van der Waals surface area contributed by atoms with Gasteiger partial charge in [-0.05, 0) is 47.8 Å². The number of hydrogen-bond donors (Lipinski definition) is 6. The number of carbonyl (C=O) groups excluding carboxylic acids is 2. The first-order valence-electron chi connectivity index (χ1n) is 14.9. The fraction of sp³-hybridized carbons (Fsp3) is 0.267. The molecule has 2 amide bonds. The third kappa shape index (κ3) is 23.5. The number of ether oxygens (including phenoxy) is 1. The molecular weight excluding hydrogens is 793 g/mol. The molecule has 300 valence electrons. The maximum absolute atomic E-state index is 12.4. The predicted octanol–water partition coefficient (Wildman–Crippen LogP) is 0.980. The molecular formula is C30H38N8O14S3. The van der Waals surface area contributed by atoms with Gasteiger partial charge in [-0.1, -0.05) is 30.3 Å². The van der Waals surface area contributed by atoms with Crippen LogP contribution in [-0.2, 0) is 61.3 Å². The van der Waals surface area contributed by atoms with E-state index in [1.807, 2.05) is 4.90 Å². The molecule has 0 aliphatic heterocycles. The highest BCUT2D eigenvalue weighted by molar-refractivity contribution is 7.85. The minimum atomic E-state index is -3.67. The van der Waals surface area contributed by atoms with Crippen LogP contribution in [0.15, 0.2) is 71.5 Å². The van der Waals surface area contributed by atoms with Gasteiger partial charge in [0.1, 0.15) is 6.61 Å². The molecule has 2 aromatic carbocycles. The number of nitrogens with zero attached hydrogens (tertiary/aromatic N) is 5. The van der Waals surface area contributed by atoms with Gasteiger partial charge in [0.15, 0.2) is 6.07 Å². The molecule has 22 nitrogen and oxygen atoms in total. The summed E-state index contributed by atoms with van der Waals surface area (Å²) in [6, 6.07) is 19.2. The number of nitrogens with one attached hydrogen (secondary N) is 2. The van der Waals surface area contributed by atoms with Crippen molar-refractivity contribution in [1.29, 1.82) is 5.26 Å². The number of alkyl carbamates (subject to hydrolysis) is 1. The van der Waals surface area contributed by atoms with Gasteiger partial charge in [0.2, 0.25) is 0 Å². The van der Waals surface area contributed by atoms with Crippen LogP contribution in [0.3, 0.4) is 0 Å². The number of hydrogen-bond acceptors (Lipinski definition) is 16. The Morgan fingerprint density at radius 2 is 1.47 bits per heavy atom. The molecule has 0 saturated heterocycles. The Kier molecular flexibility index (Phi) is 18.8. The van der Waals surface area contributed by atoms with Gasteiger partial charge in [-0.2, -0.15) is 30.5 Å². The van der Waals surface area contributed by atoms with Crippen molar-refractivity contribution in [2.75, 3.05) is 36.9 Å². The zero-order chi connectivity index (χ0) is 42.0. The lowest BCUT2D eigenvalue weighted by molar-refractivity contribution is -0.804. The molecule has 55 heavy (non-hydrogen) atoms. The Labute approximate surface area is 316 Å². The van der Waals surface area contributed by atoms with Crippen LogP contribution in [0, 0.1) is 16.5 Å². The highest BCUT2D eigenvalue weighted by Crippen LogP contribution is 2.18. The number of nitriles is 1. The number of nitrogens with two attached hydrogens (primary N) is 1. The smallest absolute Gasteiger partial charge is 0.407 e. The van der Waals surface area contributed by atoms with Crippen molar-refractivity contribution in [2.45, 2.75) is 26.2 Å². The summed E-state index contributed by atoms with van der Waals surface area (Å²) in [4.78, 5) is 30.9. The highest BCUT2D eigenvalue weighted by Gasteiger charge is 2.20. The zero-order valence-electron chi connectivity index (χ0n) is 29.5. The van der Waals surface area contributed by atoms with Crippen molar-refractivity contribution in [3.8, 4) is 6.07 Å². The number of amides is 2. The molecule has 0 radical (unpaired) electrons. The van der Waals surface area contributed by atoms with Crippen LogP contribution in [0.2, 0.25) is 0 Å². The highest BCUT2D eigenvalue weighted by atomic mass is 32.2. The number of pyridine rings is 1. The second-order valence-corrected chi connectivity index (χ2v) is 15.4. The maximum atomic E-state index is 12.4. The van der Waals surface area contributed by atoms with Crippen LogP contribution in [0.25, 0.3) is 0 Å². The standard InChI is InChI=1S/C27H26N8O5.3CH4O3S/c1-34(16-24-25(12-28)35(38)40-33-24)15-21-11-8-19(14-30-21)17-39-27(37)31-13-18-6-9-20(10-7-18)26(36)32-23-5-3-2-4-22(23)29;3*1-5(2,3)4/h2-11,14H,13,15-17,29H2,1H3,(H,31,37)(H,32,36);3*1H3,(H,2,3,4). The molecule has 7 N–H and O–H groups in total. The summed E-state index contributed by atoms with van der Waals surface area (Å²) in [5, 5.41) is 29.4. The lowest BCUT2D eigenvalue weighted by atomic mass is 10.1. The van der Waals surface area contributed by atoms with Gasteiger partial charge in [0.25, 0.3) is 47.6 Å². The van der Waals surface area contributed by atoms with Gasteiger partial charge >= 0.3 is 6.09 Å². The third-order valence-corrected chi connectivity index (χ3v) is 5.76. The van der Waals surface area contributed by atoms with Crippen molar-refractivity contribution in [2.24, 2.45) is 0 Å². The molecule has 2 aromatic heterocycles. The first-order valence-corrected chi connectivity index (χ1v) is 20.4. The molecule has 0 atom stereocenters. The Morgan fingerprint density at radius 1 is 0.927 bits per heavy atom. The lowest BCUT2D eigenvalue weighted by Crippen LogP contribution is -2.27. The number of benzene rings is 2. The molecule has 0 aliphatic rings. The third-order valence-electron chi connectivity index (χ3n) is 5.76. The number of rotatable bonds is 10. The van der Waals surface area contributed by atoms with Gasteiger partial charge in [0.05, 0.1) is 42.4 Å². The van der Waals surface area contributed by atoms with E-state index >= 15 is 0 Å². The SMILES string of the molecule is CN(Cc1ccc(COC(=O)NCc2ccc(C(=O)Nc3ccccc3N)cc2)cn1)Cc1no[n+]([O-])c1C#N.CS(=O)(=O)O.CS(=O)(=O)O.CS(=O)(=O)O. The largest absolute Gasteiger partial charge is 0.445 e. The van der Waals surface area contributed by atoms with E-state index in [-0.39, 0.29) is 41.9 Å². The fourth-order valence-corrected chi connectivity index (χ4v) is 3.66. The monoisotopic (exact) mass is 830 g/mol. The summed E-state index contributed by atoms with van der Waals surface area (Å²) >= 11 is 0. The Balaban J connectivity index is 0.000000854. The van der Waals surface area contributed by atoms with Crippen molar-refractivity contribution >= 4 is 53.7 Å². The van der Waals surface area contributed by atoms with E-state index in [2.05, 4.69) is 25.4 Å². The summed E-state index contributed by atoms with van der Waals surface area (Å²) in [5.74, 6) is -0.289. The molecule has 0 spiro atoms. The molecule has 4 aromatic rings. The topological polar surface area (TPSA) is 349 Å². The van der Waals surface area contributed by atoms with Crippen LogP contribution in [0.1, 0.15) is 38.6 Å². The molecule has 0 fully saturated rings. The van der Waals surface area contributed by atoms with Gasteiger partial charge in [0, 0.05) is 35.6 Å². The van der Waals surface area contributed by atoms with E-state index in [4.69, 9.17) is 29.4 Å². The molecule has 0 aliphatic carbocycles. The number of aromatic nitrogens is 3. The molecule has 0 bridgehead atoms. The molecule has 4 rings (SSSR count). The van der Waals surface area contributed by atoms with E-state index in [0.717, 1.165) is 11.3 Å². The van der Waals surface area contributed by atoms with E-state index in [1.54, 1.807) is 80.0 Å². The minimum Gasteiger partial charge on any atom is -0.445 e. The van der Waals surface area contributed by atoms with Gasteiger partial charge in [-0.25, -0.2) is 4.79 Å². The average Bonchev–Trinajstić information content (AvgIpc) is 3.40. The quantitative estimate of drug-likeness (QED) is 0.0737. The second-order valence-electron chi connectivity index (χ2n) is 11.0. The number of nitrogen functional groups attached to an aromatic ring is 1. The summed E-state index contributed by atoms with van der Waals surface area (Å²) in [5.41, 5.74) is 9.62. The average molecular weight is 831 g/mol. The van der Waals surface area contributed by atoms with Crippen molar-refractivity contribution in [1.82, 2.24) is 20.4 Å². The molecule has 0 saturated carbocycles. The van der Waals surface area contributed by atoms with Crippen LogP contribution in [0.4, 0.5) is 16.2 Å². The van der Waals surface area contributed by atoms with E-state index < -0.39 is 36.4 Å². The molecule has 25 heteroatoms. The molecule has 2 heterocycles. The first kappa shape index (κ1) is 47.3. The summed E-state index contributed by atoms with van der Waals surface area (Å²) < 4.78 is 87.3. The van der Waals surface area contributed by atoms with E-state index in [1.165, 1.54) is 0 Å². The van der Waals surface area contributed by atoms with Gasteiger partial charge < -0.3 is 26.3 Å². The summed E-state index contributed by atoms with van der Waals surface area (Å²) in [6.45, 7) is 0.915. The second kappa shape index (κ2) is 21.8. The van der Waals surface area contributed by atoms with Crippen LogP contribution in [0.5, 0.6) is 0 Å². The Bertz CT molecular complexity index is 2150. The summed E-state index contributed by atoms with van der Waals surface area (Å²) in [7, 11) is -9.21. The number of anilines is 2. The summed E-state index contributed by atoms with van der Waals surface area (Å²) in [6.07, 6.45) is 3.15. The van der Waals surface area contributed by atoms with Crippen molar-refractivity contribution < 1.29 is 62.8 Å². The Hall–Kier alpha value is -5.75. The maximum Gasteiger partial charge on any atom is 0.407 e. The fourth-order valence-electron chi connectivity index (χ4n) is 3.66. The molecule has 0 unspecified atom stereocenters. The number of para-hydroxylation sites is 2. The van der Waals surface area contributed by atoms with Crippen molar-refractivity contribution in [3.05, 3.63) is 106 Å². The van der Waals surface area contributed by atoms with Gasteiger partial charge in [-0.15, -0.1) is 0 Å². The normalized spacial score (nSPS) is 10.9. The Morgan fingerprint density at radius 3 is 1.98 bits per heavy atom. The zero-order valence-corrected chi connectivity index (χ0v) is 32.0. The van der Waals surface area contributed by atoms with Crippen molar-refractivity contribution in [3.63, 3.8) is 0 Å². The van der Waals surface area contributed by atoms with E-state index in [0.29, 0.717) is 47.8 Å². The predicted molar refractivity (Wildman–Crippen MR) is 194 cm³/mol. The van der Waals surface area contributed by atoms with Crippen LogP contribution >= 0.6 is 0 Å². The number of carbonyl (C=O) groups is 2. The lowest BCUT2D eigenvalue weighted by Gasteiger charge is -2.13. The first-order chi connectivity index (χ1) is 25.3. The van der Waals surface area contributed by atoms with Crippen LogP contribution in [-0.4, -0.2) is 91.8 Å². The van der Waals surface area contributed by atoms with Crippen LogP contribution < -0.4 is 21.3 Å². The van der Waals surface area contributed by atoms with Gasteiger partial charge in [-0.3, -0.25) is 33.0 Å². The minimum absolute atomic E-state index is 0.0324. The van der Waals surface area contributed by atoms with E-state index in [9.17, 15) is 40.0 Å².